The molecule has 0 aliphatic heterocycles. The third-order valence-electron chi connectivity index (χ3n) is 4.20. The van der Waals surface area contributed by atoms with E-state index in [0.29, 0.717) is 17.9 Å². The van der Waals surface area contributed by atoms with Crippen LogP contribution in [0.3, 0.4) is 0 Å². The van der Waals surface area contributed by atoms with Gasteiger partial charge < -0.3 is 14.6 Å². The molecule has 128 valence electrons. The molecule has 0 bridgehead atoms. The van der Waals surface area contributed by atoms with Crippen molar-refractivity contribution in [1.29, 1.82) is 0 Å². The van der Waals surface area contributed by atoms with Gasteiger partial charge in [-0.25, -0.2) is 4.79 Å². The van der Waals surface area contributed by atoms with Crippen molar-refractivity contribution in [3.63, 3.8) is 0 Å². The van der Waals surface area contributed by atoms with Gasteiger partial charge in [-0.15, -0.1) is 0 Å². The zero-order valence-corrected chi connectivity index (χ0v) is 14.2. The van der Waals surface area contributed by atoms with Crippen LogP contribution in [-0.2, 0) is 21.7 Å². The van der Waals surface area contributed by atoms with Crippen LogP contribution in [-0.4, -0.2) is 18.2 Å². The average Bonchev–Trinajstić information content (AvgIpc) is 2.65. The molecule has 1 atom stereocenters. The third-order valence-corrected chi connectivity index (χ3v) is 4.20. The Labute approximate surface area is 146 Å². The number of rotatable bonds is 5. The van der Waals surface area contributed by atoms with Crippen molar-refractivity contribution in [3.8, 4) is 5.75 Å². The lowest BCUT2D eigenvalue weighted by Gasteiger charge is -2.21. The summed E-state index contributed by atoms with van der Waals surface area (Å²) in [6, 6.07) is 21.2. The lowest BCUT2D eigenvalue weighted by Crippen LogP contribution is -2.33. The fourth-order valence-corrected chi connectivity index (χ4v) is 2.70. The molecule has 3 aromatic rings. The fourth-order valence-electron chi connectivity index (χ4n) is 2.70. The molecule has 0 saturated carbocycles. The van der Waals surface area contributed by atoms with Crippen LogP contribution in [0.25, 0.3) is 10.8 Å². The van der Waals surface area contributed by atoms with E-state index >= 15 is 0 Å². The van der Waals surface area contributed by atoms with Gasteiger partial charge >= 0.3 is 5.97 Å². The molecule has 0 fully saturated rings. The standard InChI is InChI=1S/C21H20O4/c1-21(23,20(22)24-2)18-8-5-9-19(13-18)25-14-15-10-11-16-6-3-4-7-17(16)12-15/h3-13,23H,14H2,1-2H3. The molecule has 0 aliphatic carbocycles. The Balaban J connectivity index is 1.76. The van der Waals surface area contributed by atoms with Crippen LogP contribution in [0.2, 0.25) is 0 Å². The minimum absolute atomic E-state index is 0.397. The number of carbonyl (C=O) groups is 1. The minimum Gasteiger partial charge on any atom is -0.489 e. The summed E-state index contributed by atoms with van der Waals surface area (Å²) >= 11 is 0. The number of hydrogen-bond acceptors (Lipinski definition) is 4. The third kappa shape index (κ3) is 3.64. The van der Waals surface area contributed by atoms with Crippen LogP contribution < -0.4 is 4.74 Å². The molecule has 1 unspecified atom stereocenters. The highest BCUT2D eigenvalue weighted by Gasteiger charge is 2.33. The summed E-state index contributed by atoms with van der Waals surface area (Å²) in [5.74, 6) is -0.131. The molecular weight excluding hydrogens is 316 g/mol. The number of benzene rings is 3. The molecule has 0 saturated heterocycles. The molecular formula is C21H20O4. The largest absolute Gasteiger partial charge is 0.489 e. The molecule has 0 aliphatic rings. The van der Waals surface area contributed by atoms with E-state index in [1.165, 1.54) is 19.4 Å². The molecule has 0 amide bonds. The highest BCUT2D eigenvalue weighted by Crippen LogP contribution is 2.26. The molecule has 0 radical (unpaired) electrons. The zero-order valence-electron chi connectivity index (χ0n) is 14.2. The Kier molecular flexibility index (Phi) is 4.72. The molecule has 3 aromatic carbocycles. The summed E-state index contributed by atoms with van der Waals surface area (Å²) in [5.41, 5.74) is -0.240. The number of fused-ring (bicyclic) bond motifs is 1. The molecule has 0 aromatic heterocycles. The van der Waals surface area contributed by atoms with Crippen molar-refractivity contribution in [3.05, 3.63) is 77.9 Å². The zero-order chi connectivity index (χ0) is 17.9. The van der Waals surface area contributed by atoms with Crippen molar-refractivity contribution in [2.24, 2.45) is 0 Å². The van der Waals surface area contributed by atoms with E-state index in [-0.39, 0.29) is 0 Å². The summed E-state index contributed by atoms with van der Waals surface area (Å²) in [4.78, 5) is 11.7. The van der Waals surface area contributed by atoms with Gasteiger partial charge in [0.1, 0.15) is 12.4 Å². The van der Waals surface area contributed by atoms with Crippen LogP contribution in [0.1, 0.15) is 18.1 Å². The molecule has 4 nitrogen and oxygen atoms in total. The van der Waals surface area contributed by atoms with E-state index in [0.717, 1.165) is 10.9 Å². The summed E-state index contributed by atoms with van der Waals surface area (Å²) in [5, 5.41) is 12.7. The van der Waals surface area contributed by atoms with E-state index in [2.05, 4.69) is 29.0 Å². The van der Waals surface area contributed by atoms with Gasteiger partial charge in [0.15, 0.2) is 5.60 Å². The minimum atomic E-state index is -1.71. The first-order valence-electron chi connectivity index (χ1n) is 8.02. The number of ether oxygens (including phenoxy) is 2. The molecule has 4 heteroatoms. The quantitative estimate of drug-likeness (QED) is 0.720. The van der Waals surface area contributed by atoms with Crippen molar-refractivity contribution >= 4 is 16.7 Å². The lowest BCUT2D eigenvalue weighted by molar-refractivity contribution is -0.161. The lowest BCUT2D eigenvalue weighted by atomic mass is 9.96. The van der Waals surface area contributed by atoms with Gasteiger partial charge in [0.05, 0.1) is 7.11 Å². The van der Waals surface area contributed by atoms with E-state index in [1.54, 1.807) is 24.3 Å². The van der Waals surface area contributed by atoms with Gasteiger partial charge in [0.25, 0.3) is 0 Å². The first kappa shape index (κ1) is 17.0. The van der Waals surface area contributed by atoms with Gasteiger partial charge in [-0.3, -0.25) is 0 Å². The van der Waals surface area contributed by atoms with Crippen LogP contribution in [0.15, 0.2) is 66.7 Å². The Bertz CT molecular complexity index is 899. The predicted molar refractivity (Wildman–Crippen MR) is 96.3 cm³/mol. The second kappa shape index (κ2) is 6.95. The normalized spacial score (nSPS) is 13.2. The van der Waals surface area contributed by atoms with Crippen molar-refractivity contribution in [1.82, 2.24) is 0 Å². The second-order valence-electron chi connectivity index (χ2n) is 6.06. The van der Waals surface area contributed by atoms with Crippen LogP contribution in [0.4, 0.5) is 0 Å². The first-order valence-corrected chi connectivity index (χ1v) is 8.02. The maximum atomic E-state index is 11.7. The smallest absolute Gasteiger partial charge is 0.342 e. The van der Waals surface area contributed by atoms with Crippen LogP contribution >= 0.6 is 0 Å². The van der Waals surface area contributed by atoms with E-state index < -0.39 is 11.6 Å². The van der Waals surface area contributed by atoms with E-state index in [1.807, 2.05) is 18.2 Å². The maximum absolute atomic E-state index is 11.7. The number of methoxy groups -OCH3 is 1. The van der Waals surface area contributed by atoms with Gasteiger partial charge in [-0.1, -0.05) is 48.5 Å². The fraction of sp³-hybridized carbons (Fsp3) is 0.190. The second-order valence-corrected chi connectivity index (χ2v) is 6.06. The summed E-state index contributed by atoms with van der Waals surface area (Å²) < 4.78 is 10.5. The Morgan fingerprint density at radius 1 is 1.00 bits per heavy atom. The molecule has 0 heterocycles. The SMILES string of the molecule is COC(=O)C(C)(O)c1cccc(OCc2ccc3ccccc3c2)c1. The van der Waals surface area contributed by atoms with Crippen molar-refractivity contribution in [2.75, 3.05) is 7.11 Å². The molecule has 3 rings (SSSR count). The van der Waals surface area contributed by atoms with Gasteiger partial charge in [0.2, 0.25) is 0 Å². The van der Waals surface area contributed by atoms with Crippen LogP contribution in [0.5, 0.6) is 5.75 Å². The van der Waals surface area contributed by atoms with Crippen molar-refractivity contribution in [2.45, 2.75) is 19.1 Å². The first-order chi connectivity index (χ1) is 12.0. The topological polar surface area (TPSA) is 55.8 Å². The van der Waals surface area contributed by atoms with Gasteiger partial charge in [0, 0.05) is 0 Å². The Morgan fingerprint density at radius 3 is 2.52 bits per heavy atom. The van der Waals surface area contributed by atoms with Crippen molar-refractivity contribution < 1.29 is 19.4 Å². The number of hydrogen-bond donors (Lipinski definition) is 1. The van der Waals surface area contributed by atoms with Gasteiger partial charge in [-0.05, 0) is 47.0 Å². The van der Waals surface area contributed by atoms with E-state index in [4.69, 9.17) is 4.74 Å². The highest BCUT2D eigenvalue weighted by atomic mass is 16.5. The molecule has 0 spiro atoms. The van der Waals surface area contributed by atoms with Gasteiger partial charge in [-0.2, -0.15) is 0 Å². The number of aliphatic hydroxyl groups is 1. The maximum Gasteiger partial charge on any atom is 0.342 e. The summed E-state index contributed by atoms with van der Waals surface area (Å²) in [6.45, 7) is 1.80. The number of esters is 1. The predicted octanol–water partition coefficient (Wildman–Crippen LogP) is 3.80. The van der Waals surface area contributed by atoms with E-state index in [9.17, 15) is 9.90 Å². The average molecular weight is 336 g/mol. The summed E-state index contributed by atoms with van der Waals surface area (Å²) in [7, 11) is 1.25. The number of carbonyl (C=O) groups excluding carboxylic acids is 1. The Morgan fingerprint density at radius 2 is 1.76 bits per heavy atom. The molecule has 25 heavy (non-hydrogen) atoms. The summed E-state index contributed by atoms with van der Waals surface area (Å²) in [6.07, 6.45) is 0. The monoisotopic (exact) mass is 336 g/mol. The van der Waals surface area contributed by atoms with Crippen LogP contribution in [0, 0.1) is 0 Å². The Hall–Kier alpha value is -2.85. The highest BCUT2D eigenvalue weighted by molar-refractivity contribution is 5.83. The molecule has 1 N–H and O–H groups in total.